The van der Waals surface area contributed by atoms with Crippen LogP contribution in [0.2, 0.25) is 5.02 Å². The lowest BCUT2D eigenvalue weighted by molar-refractivity contribution is 0.0522. The van der Waals surface area contributed by atoms with Gasteiger partial charge in [0.1, 0.15) is 12.7 Å². The summed E-state index contributed by atoms with van der Waals surface area (Å²) in [5.74, 6) is 0. The summed E-state index contributed by atoms with van der Waals surface area (Å²) in [6.07, 6.45) is 6.48. The van der Waals surface area contributed by atoms with Gasteiger partial charge in [-0.15, -0.1) is 0 Å². The zero-order chi connectivity index (χ0) is 32.1. The van der Waals surface area contributed by atoms with Crippen LogP contribution in [-0.2, 0) is 17.7 Å². The molecule has 2 aromatic heterocycles. The molecule has 1 atom stereocenters. The number of rotatable bonds is 13. The van der Waals surface area contributed by atoms with Crippen molar-refractivity contribution in [3.8, 4) is 0 Å². The molecule has 0 aliphatic carbocycles. The Balaban J connectivity index is 0.000000187. The lowest BCUT2D eigenvalue weighted by atomic mass is 9.96. The van der Waals surface area contributed by atoms with Crippen molar-refractivity contribution in [2.24, 2.45) is 0 Å². The molecular formula is C36H46ClN7O2. The Morgan fingerprint density at radius 1 is 0.957 bits per heavy atom. The van der Waals surface area contributed by atoms with Gasteiger partial charge in [0, 0.05) is 61.4 Å². The Morgan fingerprint density at radius 2 is 1.72 bits per heavy atom. The van der Waals surface area contributed by atoms with Crippen LogP contribution in [0.15, 0.2) is 91.6 Å². The van der Waals surface area contributed by atoms with Gasteiger partial charge in [-0.2, -0.15) is 5.10 Å². The van der Waals surface area contributed by atoms with Crippen LogP contribution in [0.4, 0.5) is 0 Å². The second-order valence-electron chi connectivity index (χ2n) is 11.9. The number of hydrogen-bond acceptors (Lipinski definition) is 7. The van der Waals surface area contributed by atoms with E-state index in [4.69, 9.17) is 21.4 Å². The largest absolute Gasteiger partial charge is 0.394 e. The minimum absolute atomic E-state index is 0.0909. The van der Waals surface area contributed by atoms with Gasteiger partial charge in [-0.1, -0.05) is 60.1 Å². The molecule has 5 aromatic rings. The van der Waals surface area contributed by atoms with Crippen LogP contribution in [0.3, 0.4) is 0 Å². The van der Waals surface area contributed by atoms with Gasteiger partial charge >= 0.3 is 0 Å². The molecule has 244 valence electrons. The first-order valence-electron chi connectivity index (χ1n) is 16.0. The van der Waals surface area contributed by atoms with Crippen LogP contribution in [0, 0.1) is 0 Å². The molecule has 1 unspecified atom stereocenters. The maximum atomic E-state index is 8.78. The van der Waals surface area contributed by atoms with Crippen molar-refractivity contribution >= 4 is 22.5 Å². The third-order valence-electron chi connectivity index (χ3n) is 8.33. The Labute approximate surface area is 277 Å². The number of nitrogens with one attached hydrogen (secondary N) is 1. The van der Waals surface area contributed by atoms with E-state index in [9.17, 15) is 0 Å². The number of aromatic nitrogens is 4. The fourth-order valence-corrected chi connectivity index (χ4v) is 6.00. The van der Waals surface area contributed by atoms with E-state index in [-0.39, 0.29) is 12.6 Å². The van der Waals surface area contributed by atoms with Crippen molar-refractivity contribution in [1.29, 1.82) is 0 Å². The molecule has 3 aromatic carbocycles. The molecule has 1 fully saturated rings. The Morgan fingerprint density at radius 3 is 2.41 bits per heavy atom. The summed E-state index contributed by atoms with van der Waals surface area (Å²) in [4.78, 5) is 14.5. The number of likely N-dealkylation sites (N-methyl/N-ethyl adjacent to an activating group) is 1. The summed E-state index contributed by atoms with van der Waals surface area (Å²) < 4.78 is 7.23. The van der Waals surface area contributed by atoms with Crippen LogP contribution in [-0.4, -0.2) is 113 Å². The third kappa shape index (κ3) is 9.72. The number of piperazine rings is 1. The molecule has 1 aliphatic heterocycles. The molecule has 10 heteroatoms. The Kier molecular flexibility index (Phi) is 12.8. The van der Waals surface area contributed by atoms with Crippen LogP contribution in [0.25, 0.3) is 10.9 Å². The first kappa shape index (κ1) is 33.8. The summed E-state index contributed by atoms with van der Waals surface area (Å²) in [6, 6.07) is 25.7. The average molecular weight is 644 g/mol. The summed E-state index contributed by atoms with van der Waals surface area (Å²) in [7, 11) is 4.20. The molecule has 0 amide bonds. The number of ether oxygens (including phenoxy) is 1. The van der Waals surface area contributed by atoms with Crippen LogP contribution in [0.5, 0.6) is 0 Å². The molecule has 2 N–H and O–H groups in total. The number of H-pyrrole nitrogens is 1. The van der Waals surface area contributed by atoms with Gasteiger partial charge in [0.05, 0.1) is 32.4 Å². The van der Waals surface area contributed by atoms with Crippen molar-refractivity contribution in [3.63, 3.8) is 0 Å². The molecule has 0 saturated carbocycles. The number of benzene rings is 3. The van der Waals surface area contributed by atoms with E-state index in [2.05, 4.69) is 111 Å². The predicted octanol–water partition coefficient (Wildman–Crippen LogP) is 4.97. The average Bonchev–Trinajstić information content (AvgIpc) is 3.74. The molecule has 1 aliphatic rings. The number of nitrogens with zero attached hydrogens (tertiary/aromatic N) is 6. The molecular weight excluding hydrogens is 598 g/mol. The van der Waals surface area contributed by atoms with E-state index in [1.54, 1.807) is 12.7 Å². The summed E-state index contributed by atoms with van der Waals surface area (Å²) in [5.41, 5.74) is 6.40. The number of aromatic amines is 1. The first-order valence-corrected chi connectivity index (χ1v) is 16.4. The molecule has 46 heavy (non-hydrogen) atoms. The second-order valence-corrected chi connectivity index (χ2v) is 12.4. The maximum Gasteiger partial charge on any atom is 0.137 e. The van der Waals surface area contributed by atoms with Gasteiger partial charge in [0.15, 0.2) is 0 Å². The molecule has 6 rings (SSSR count). The minimum atomic E-state index is 0.0909. The highest BCUT2D eigenvalue weighted by Crippen LogP contribution is 2.30. The Bertz CT molecular complexity index is 1570. The number of hydrogen-bond donors (Lipinski definition) is 2. The van der Waals surface area contributed by atoms with Crippen LogP contribution in [0.1, 0.15) is 28.3 Å². The van der Waals surface area contributed by atoms with Crippen LogP contribution < -0.4 is 0 Å². The third-order valence-corrected chi connectivity index (χ3v) is 8.58. The van der Waals surface area contributed by atoms with Gasteiger partial charge in [0.2, 0.25) is 0 Å². The smallest absolute Gasteiger partial charge is 0.137 e. The first-order chi connectivity index (χ1) is 22.5. The van der Waals surface area contributed by atoms with E-state index in [1.165, 1.54) is 33.2 Å². The monoisotopic (exact) mass is 643 g/mol. The van der Waals surface area contributed by atoms with Gasteiger partial charge in [-0.05, 0) is 67.0 Å². The number of fused-ring (bicyclic) bond motifs is 1. The molecule has 0 bridgehead atoms. The quantitative estimate of drug-likeness (QED) is 0.175. The van der Waals surface area contributed by atoms with E-state index in [0.29, 0.717) is 13.2 Å². The summed E-state index contributed by atoms with van der Waals surface area (Å²) >= 11 is 6.09. The lowest BCUT2D eigenvalue weighted by Gasteiger charge is -2.39. The fourth-order valence-electron chi connectivity index (χ4n) is 5.88. The van der Waals surface area contributed by atoms with Gasteiger partial charge in [0.25, 0.3) is 0 Å². The molecule has 9 nitrogen and oxygen atoms in total. The standard InChI is InChI=1S/C21H27ClN2O2.C15H19N5/c22-20-8-6-19(7-9-20)21(18-4-2-1-3-5-18)24-12-10-23(11-13-24)14-16-26-17-15-25;1-19(2)6-5-13-8-17-15-4-3-12(7-14(13)15)9-20-11-16-10-18-20/h1-9,21,25H,10-17H2;3-4,7-8,10-11,17H,5-6,9H2,1-2H3. The highest BCUT2D eigenvalue weighted by molar-refractivity contribution is 6.30. The van der Waals surface area contributed by atoms with E-state index < -0.39 is 0 Å². The highest BCUT2D eigenvalue weighted by Gasteiger charge is 2.26. The zero-order valence-electron chi connectivity index (χ0n) is 26.9. The number of halogens is 1. The molecule has 3 heterocycles. The molecule has 1 saturated heterocycles. The summed E-state index contributed by atoms with van der Waals surface area (Å²) in [6.45, 7) is 8.02. The Hall–Kier alpha value is -3.57. The van der Waals surface area contributed by atoms with Crippen molar-refractivity contribution < 1.29 is 9.84 Å². The van der Waals surface area contributed by atoms with E-state index in [0.717, 1.165) is 57.3 Å². The molecule has 0 radical (unpaired) electrons. The number of aliphatic hydroxyl groups is 1. The zero-order valence-corrected chi connectivity index (χ0v) is 27.7. The second kappa shape index (κ2) is 17.4. The SMILES string of the molecule is CN(C)CCc1c[nH]c2ccc(Cn3cncn3)cc12.OCCOCCN1CCN(C(c2ccccc2)c2ccc(Cl)cc2)CC1. The van der Waals surface area contributed by atoms with Gasteiger partial charge < -0.3 is 19.7 Å². The summed E-state index contributed by atoms with van der Waals surface area (Å²) in [5, 5.41) is 15.0. The lowest BCUT2D eigenvalue weighted by Crippen LogP contribution is -2.48. The van der Waals surface area contributed by atoms with Gasteiger partial charge in [-0.25, -0.2) is 9.67 Å². The minimum Gasteiger partial charge on any atom is -0.394 e. The van der Waals surface area contributed by atoms with Crippen molar-refractivity contribution in [2.45, 2.75) is 19.0 Å². The van der Waals surface area contributed by atoms with E-state index >= 15 is 0 Å². The van der Waals surface area contributed by atoms with Crippen LogP contribution >= 0.6 is 11.6 Å². The highest BCUT2D eigenvalue weighted by atomic mass is 35.5. The predicted molar refractivity (Wildman–Crippen MR) is 185 cm³/mol. The molecule has 0 spiro atoms. The normalized spacial score (nSPS) is 14.8. The van der Waals surface area contributed by atoms with Gasteiger partial charge in [-0.3, -0.25) is 9.80 Å². The fraction of sp³-hybridized carbons (Fsp3) is 0.389. The van der Waals surface area contributed by atoms with Crippen molar-refractivity contribution in [3.05, 3.63) is 119 Å². The number of aliphatic hydroxyl groups excluding tert-OH is 1. The van der Waals surface area contributed by atoms with Crippen molar-refractivity contribution in [2.75, 3.05) is 73.2 Å². The van der Waals surface area contributed by atoms with E-state index in [1.807, 2.05) is 16.8 Å². The van der Waals surface area contributed by atoms with Crippen molar-refractivity contribution in [1.82, 2.24) is 34.4 Å². The topological polar surface area (TPSA) is 85.7 Å². The maximum absolute atomic E-state index is 8.78.